The zero-order valence-corrected chi connectivity index (χ0v) is 13.9. The van der Waals surface area contributed by atoms with E-state index < -0.39 is 11.7 Å². The number of rotatable bonds is 5. The number of aliphatic hydroxyl groups is 1. The highest BCUT2D eigenvalue weighted by Gasteiger charge is 2.41. The maximum atomic E-state index is 13.3. The van der Waals surface area contributed by atoms with Crippen molar-refractivity contribution in [3.05, 3.63) is 54.0 Å². The number of halogens is 1. The van der Waals surface area contributed by atoms with Crippen molar-refractivity contribution >= 4 is 17.4 Å². The quantitative estimate of drug-likeness (QED) is 0.654. The Hall–Kier alpha value is -2.47. The number of carbonyl (C=O) groups is 2. The van der Waals surface area contributed by atoms with Crippen LogP contribution in [0.15, 0.2) is 42.6 Å². The van der Waals surface area contributed by atoms with Gasteiger partial charge in [-0.2, -0.15) is 0 Å². The van der Waals surface area contributed by atoms with Crippen molar-refractivity contribution < 1.29 is 19.1 Å². The maximum Gasteiger partial charge on any atom is 0.278 e. The molecule has 3 rings (SSSR count). The van der Waals surface area contributed by atoms with E-state index in [1.54, 1.807) is 0 Å². The summed E-state index contributed by atoms with van der Waals surface area (Å²) in [6.45, 7) is 4.96. The lowest BCUT2D eigenvalue weighted by molar-refractivity contribution is -0.137. The van der Waals surface area contributed by atoms with Crippen LogP contribution in [0.25, 0.3) is 5.57 Å². The third-order valence-electron chi connectivity index (χ3n) is 4.68. The molecule has 1 aromatic rings. The first kappa shape index (κ1) is 17.4. The molecule has 0 bridgehead atoms. The van der Waals surface area contributed by atoms with E-state index in [0.717, 1.165) is 17.7 Å². The number of hydrogen-bond donors (Lipinski definition) is 1. The largest absolute Gasteiger partial charge is 0.396 e. The summed E-state index contributed by atoms with van der Waals surface area (Å²) in [4.78, 5) is 28.7. The lowest BCUT2D eigenvalue weighted by Gasteiger charge is -2.34. The summed E-state index contributed by atoms with van der Waals surface area (Å²) >= 11 is 0. The Labute approximate surface area is 146 Å². The van der Waals surface area contributed by atoms with Crippen LogP contribution in [0, 0.1) is 11.7 Å². The van der Waals surface area contributed by atoms with Gasteiger partial charge in [-0.15, -0.1) is 6.58 Å². The number of imide groups is 1. The second kappa shape index (κ2) is 7.19. The van der Waals surface area contributed by atoms with Crippen LogP contribution in [0.5, 0.6) is 0 Å². The number of nitrogens with zero attached hydrogens (tertiary/aromatic N) is 2. The van der Waals surface area contributed by atoms with Gasteiger partial charge in [0.15, 0.2) is 0 Å². The molecule has 2 amide bonds. The van der Waals surface area contributed by atoms with Gasteiger partial charge in [0.05, 0.1) is 5.57 Å². The van der Waals surface area contributed by atoms with Crippen molar-refractivity contribution in [3.63, 3.8) is 0 Å². The highest BCUT2D eigenvalue weighted by Crippen LogP contribution is 2.33. The van der Waals surface area contributed by atoms with E-state index in [2.05, 4.69) is 6.58 Å². The van der Waals surface area contributed by atoms with E-state index in [4.69, 9.17) is 0 Å². The number of carbonyl (C=O) groups excluding carboxylic acids is 2. The SMILES string of the molecule is C=CCN1C(=O)C(c2ccc(F)cc2)=C(N2CCCC(CO)C2)C1=O. The van der Waals surface area contributed by atoms with Crippen molar-refractivity contribution in [2.45, 2.75) is 12.8 Å². The zero-order chi connectivity index (χ0) is 18.0. The van der Waals surface area contributed by atoms with Gasteiger partial charge in [-0.25, -0.2) is 4.39 Å². The van der Waals surface area contributed by atoms with Crippen molar-refractivity contribution in [3.8, 4) is 0 Å². The van der Waals surface area contributed by atoms with E-state index >= 15 is 0 Å². The van der Waals surface area contributed by atoms with Crippen molar-refractivity contribution in [1.82, 2.24) is 9.80 Å². The molecule has 1 saturated heterocycles. The van der Waals surface area contributed by atoms with Gasteiger partial charge in [0.2, 0.25) is 0 Å². The van der Waals surface area contributed by atoms with Crippen molar-refractivity contribution in [2.24, 2.45) is 5.92 Å². The first-order valence-corrected chi connectivity index (χ1v) is 8.40. The lowest BCUT2D eigenvalue weighted by atomic mass is 9.97. The molecule has 1 atom stereocenters. The molecule has 25 heavy (non-hydrogen) atoms. The van der Waals surface area contributed by atoms with Crippen LogP contribution in [-0.2, 0) is 9.59 Å². The molecule has 132 valence electrons. The number of hydrogen-bond acceptors (Lipinski definition) is 4. The average Bonchev–Trinajstić information content (AvgIpc) is 2.87. The molecule has 1 N–H and O–H groups in total. The summed E-state index contributed by atoms with van der Waals surface area (Å²) in [6.07, 6.45) is 3.24. The van der Waals surface area contributed by atoms with Crippen LogP contribution < -0.4 is 0 Å². The Morgan fingerprint density at radius 3 is 2.60 bits per heavy atom. The fourth-order valence-corrected chi connectivity index (χ4v) is 3.45. The number of benzene rings is 1. The van der Waals surface area contributed by atoms with Crippen LogP contribution in [0.4, 0.5) is 4.39 Å². The number of aliphatic hydroxyl groups excluding tert-OH is 1. The molecule has 0 aromatic heterocycles. The van der Waals surface area contributed by atoms with E-state index in [-0.39, 0.29) is 25.0 Å². The Balaban J connectivity index is 2.05. The molecular formula is C19H21FN2O3. The van der Waals surface area contributed by atoms with Gasteiger partial charge in [-0.05, 0) is 36.5 Å². The molecule has 0 radical (unpaired) electrons. The van der Waals surface area contributed by atoms with Gasteiger partial charge in [0, 0.05) is 26.2 Å². The minimum Gasteiger partial charge on any atom is -0.396 e. The standard InChI is InChI=1S/C19H21FN2O3/c1-2-9-22-18(24)16(14-5-7-15(20)8-6-14)17(19(22)25)21-10-3-4-13(11-21)12-23/h2,5-8,13,23H,1,3-4,9-12H2. The van der Waals surface area contributed by atoms with Gasteiger partial charge in [-0.3, -0.25) is 14.5 Å². The van der Waals surface area contributed by atoms with Crippen LogP contribution in [0.1, 0.15) is 18.4 Å². The predicted octanol–water partition coefficient (Wildman–Crippen LogP) is 1.80. The van der Waals surface area contributed by atoms with Gasteiger partial charge >= 0.3 is 0 Å². The van der Waals surface area contributed by atoms with Gasteiger partial charge in [0.25, 0.3) is 11.8 Å². The fourth-order valence-electron chi connectivity index (χ4n) is 3.45. The number of amides is 2. The highest BCUT2D eigenvalue weighted by atomic mass is 19.1. The van der Waals surface area contributed by atoms with E-state index in [0.29, 0.717) is 29.9 Å². The monoisotopic (exact) mass is 344 g/mol. The van der Waals surface area contributed by atoms with Gasteiger partial charge in [-0.1, -0.05) is 18.2 Å². The molecule has 2 aliphatic rings. The van der Waals surface area contributed by atoms with E-state index in [9.17, 15) is 19.1 Å². The molecule has 2 aliphatic heterocycles. The highest BCUT2D eigenvalue weighted by molar-refractivity contribution is 6.35. The summed E-state index contributed by atoms with van der Waals surface area (Å²) in [5.41, 5.74) is 1.16. The van der Waals surface area contributed by atoms with Crippen LogP contribution in [-0.4, -0.2) is 53.0 Å². The van der Waals surface area contributed by atoms with Crippen LogP contribution in [0.2, 0.25) is 0 Å². The predicted molar refractivity (Wildman–Crippen MR) is 91.6 cm³/mol. The molecule has 5 nitrogen and oxygen atoms in total. The van der Waals surface area contributed by atoms with Gasteiger partial charge < -0.3 is 10.0 Å². The fraction of sp³-hybridized carbons (Fsp3) is 0.368. The minimum absolute atomic E-state index is 0.0498. The first-order valence-electron chi connectivity index (χ1n) is 8.40. The average molecular weight is 344 g/mol. The number of piperidine rings is 1. The normalized spacial score (nSPS) is 21.3. The van der Waals surface area contributed by atoms with Gasteiger partial charge in [0.1, 0.15) is 11.5 Å². The smallest absolute Gasteiger partial charge is 0.278 e. The second-order valence-corrected chi connectivity index (χ2v) is 6.38. The Kier molecular flexibility index (Phi) is 4.99. The molecule has 0 aliphatic carbocycles. The van der Waals surface area contributed by atoms with E-state index in [1.165, 1.54) is 30.3 Å². The molecule has 0 spiro atoms. The first-order chi connectivity index (χ1) is 12.1. The maximum absolute atomic E-state index is 13.3. The molecule has 1 unspecified atom stereocenters. The minimum atomic E-state index is -0.399. The van der Waals surface area contributed by atoms with Crippen LogP contribution >= 0.6 is 0 Å². The van der Waals surface area contributed by atoms with Crippen molar-refractivity contribution in [1.29, 1.82) is 0 Å². The molecule has 1 aromatic carbocycles. The van der Waals surface area contributed by atoms with E-state index in [1.807, 2.05) is 4.90 Å². The Morgan fingerprint density at radius 2 is 1.96 bits per heavy atom. The number of likely N-dealkylation sites (tertiary alicyclic amines) is 1. The molecular weight excluding hydrogens is 323 g/mol. The molecule has 2 heterocycles. The summed E-state index contributed by atoms with van der Waals surface area (Å²) in [6, 6.07) is 5.59. The lowest BCUT2D eigenvalue weighted by Crippen LogP contribution is -2.40. The second-order valence-electron chi connectivity index (χ2n) is 6.38. The third kappa shape index (κ3) is 3.22. The summed E-state index contributed by atoms with van der Waals surface area (Å²) < 4.78 is 13.3. The topological polar surface area (TPSA) is 60.9 Å². The molecule has 6 heteroatoms. The van der Waals surface area contributed by atoms with Crippen molar-refractivity contribution in [2.75, 3.05) is 26.2 Å². The summed E-state index contributed by atoms with van der Waals surface area (Å²) in [7, 11) is 0. The molecule has 0 saturated carbocycles. The Bertz CT molecular complexity index is 727. The van der Waals surface area contributed by atoms with Crippen LogP contribution in [0.3, 0.4) is 0 Å². The Morgan fingerprint density at radius 1 is 1.24 bits per heavy atom. The third-order valence-corrected chi connectivity index (χ3v) is 4.68. The summed E-state index contributed by atoms with van der Waals surface area (Å²) in [5, 5.41) is 9.46. The summed E-state index contributed by atoms with van der Waals surface area (Å²) in [5.74, 6) is -1.07. The molecule has 1 fully saturated rings. The zero-order valence-electron chi connectivity index (χ0n) is 13.9.